The molecule has 0 saturated carbocycles. The first kappa shape index (κ1) is 21.8. The van der Waals surface area contributed by atoms with Crippen LogP contribution in [0.4, 0.5) is 0 Å². The number of para-hydroxylation sites is 1. The normalized spacial score (nSPS) is 15.1. The summed E-state index contributed by atoms with van der Waals surface area (Å²) in [5.41, 5.74) is 6.26. The van der Waals surface area contributed by atoms with Gasteiger partial charge in [-0.3, -0.25) is 9.69 Å². The predicted molar refractivity (Wildman–Crippen MR) is 128 cm³/mol. The van der Waals surface area contributed by atoms with Crippen LogP contribution in [0.2, 0.25) is 0 Å². The average molecular weight is 428 g/mol. The largest absolute Gasteiger partial charge is 0.507 e. The molecule has 0 bridgehead atoms. The lowest BCUT2D eigenvalue weighted by Crippen LogP contribution is -2.33. The van der Waals surface area contributed by atoms with Crippen LogP contribution in [0.1, 0.15) is 39.9 Å². The molecule has 2 N–H and O–H groups in total. The van der Waals surface area contributed by atoms with E-state index < -0.39 is 0 Å². The third kappa shape index (κ3) is 6.05. The summed E-state index contributed by atoms with van der Waals surface area (Å²) in [5, 5.41) is 13.7. The Morgan fingerprint density at radius 3 is 2.34 bits per heavy atom. The first-order valence-electron chi connectivity index (χ1n) is 11.1. The highest BCUT2D eigenvalue weighted by Crippen LogP contribution is 2.23. The highest BCUT2D eigenvalue weighted by molar-refractivity contribution is 5.95. The molecule has 164 valence electrons. The van der Waals surface area contributed by atoms with Crippen LogP contribution >= 0.6 is 0 Å². The Morgan fingerprint density at radius 1 is 0.938 bits per heavy atom. The van der Waals surface area contributed by atoms with Crippen LogP contribution in [0.3, 0.4) is 0 Å². The Balaban J connectivity index is 1.23. The van der Waals surface area contributed by atoms with Crippen LogP contribution in [-0.4, -0.2) is 35.2 Å². The Morgan fingerprint density at radius 2 is 1.62 bits per heavy atom. The molecule has 3 aromatic rings. The van der Waals surface area contributed by atoms with Gasteiger partial charge in [0.25, 0.3) is 5.91 Å². The molecule has 3 aromatic carbocycles. The van der Waals surface area contributed by atoms with Crippen molar-refractivity contribution < 1.29 is 9.90 Å². The molecule has 0 aliphatic carbocycles. The number of benzene rings is 3. The molecule has 5 heteroatoms. The molecule has 1 fully saturated rings. The quantitative estimate of drug-likeness (QED) is 0.427. The molecular formula is C27H29N3O2. The first-order chi connectivity index (χ1) is 15.7. The molecule has 1 aliphatic heterocycles. The van der Waals surface area contributed by atoms with Gasteiger partial charge >= 0.3 is 0 Å². The number of nitrogens with one attached hydrogen (secondary N) is 1. The number of phenolic OH excluding ortho intramolecular Hbond substituents is 1. The van der Waals surface area contributed by atoms with Crippen molar-refractivity contribution >= 4 is 12.1 Å². The lowest BCUT2D eigenvalue weighted by atomic mass is 9.90. The lowest BCUT2D eigenvalue weighted by Gasteiger charge is -2.32. The van der Waals surface area contributed by atoms with Crippen molar-refractivity contribution in [1.29, 1.82) is 0 Å². The van der Waals surface area contributed by atoms with Gasteiger partial charge in [-0.15, -0.1) is 0 Å². The molecule has 0 atom stereocenters. The number of carbonyl (C=O) groups is 1. The van der Waals surface area contributed by atoms with Crippen molar-refractivity contribution in [3.8, 4) is 5.75 Å². The monoisotopic (exact) mass is 427 g/mol. The van der Waals surface area contributed by atoms with Crippen molar-refractivity contribution in [2.24, 2.45) is 11.0 Å². The van der Waals surface area contributed by atoms with Gasteiger partial charge in [0.15, 0.2) is 0 Å². The van der Waals surface area contributed by atoms with Gasteiger partial charge in [-0.25, -0.2) is 5.43 Å². The van der Waals surface area contributed by atoms with Crippen LogP contribution in [0.15, 0.2) is 84.0 Å². The molecule has 5 nitrogen and oxygen atoms in total. The standard InChI is InChI=1S/C27H29N3O2/c31-26-9-5-4-8-25(26)19-28-29-27(32)24-12-10-23(11-13-24)20-30-16-14-22(15-17-30)18-21-6-2-1-3-7-21/h1-13,19,22,31H,14-18,20H2,(H,29,32)/b28-19-. The number of hydrazone groups is 1. The van der Waals surface area contributed by atoms with E-state index in [2.05, 4.69) is 45.8 Å². The van der Waals surface area contributed by atoms with E-state index in [0.29, 0.717) is 11.1 Å². The minimum absolute atomic E-state index is 0.124. The molecule has 4 rings (SSSR count). The van der Waals surface area contributed by atoms with E-state index in [1.54, 1.807) is 24.3 Å². The number of amides is 1. The number of likely N-dealkylation sites (tertiary alicyclic amines) is 1. The molecule has 0 spiro atoms. The van der Waals surface area contributed by atoms with E-state index in [0.717, 1.165) is 25.6 Å². The zero-order valence-electron chi connectivity index (χ0n) is 18.2. The summed E-state index contributed by atoms with van der Waals surface area (Å²) in [7, 11) is 0. The highest BCUT2D eigenvalue weighted by Gasteiger charge is 2.19. The Hall–Kier alpha value is -3.44. The second-order valence-corrected chi connectivity index (χ2v) is 8.36. The van der Waals surface area contributed by atoms with E-state index in [1.165, 1.54) is 36.6 Å². The van der Waals surface area contributed by atoms with Gasteiger partial charge in [-0.1, -0.05) is 54.6 Å². The van der Waals surface area contributed by atoms with Gasteiger partial charge in [0.1, 0.15) is 5.75 Å². The molecule has 0 radical (unpaired) electrons. The summed E-state index contributed by atoms with van der Waals surface area (Å²) in [6.45, 7) is 3.13. The molecule has 0 unspecified atom stereocenters. The fraction of sp³-hybridized carbons (Fsp3) is 0.259. The maximum atomic E-state index is 12.3. The van der Waals surface area contributed by atoms with Gasteiger partial charge in [-0.05, 0) is 73.7 Å². The van der Waals surface area contributed by atoms with Crippen LogP contribution in [0.5, 0.6) is 5.75 Å². The van der Waals surface area contributed by atoms with Gasteiger partial charge in [0, 0.05) is 17.7 Å². The topological polar surface area (TPSA) is 64.9 Å². The summed E-state index contributed by atoms with van der Waals surface area (Å²) >= 11 is 0. The Bertz CT molecular complexity index is 1040. The van der Waals surface area contributed by atoms with E-state index >= 15 is 0 Å². The number of aromatic hydroxyl groups is 1. The van der Waals surface area contributed by atoms with Gasteiger partial charge in [0.2, 0.25) is 0 Å². The number of phenols is 1. The summed E-state index contributed by atoms with van der Waals surface area (Å²) in [5.74, 6) is 0.613. The van der Waals surface area contributed by atoms with Gasteiger partial charge in [-0.2, -0.15) is 5.10 Å². The molecule has 0 aromatic heterocycles. The summed E-state index contributed by atoms with van der Waals surface area (Å²) in [6.07, 6.45) is 5.06. The molecule has 32 heavy (non-hydrogen) atoms. The summed E-state index contributed by atoms with van der Waals surface area (Å²) in [4.78, 5) is 14.8. The zero-order valence-corrected chi connectivity index (χ0v) is 18.2. The van der Waals surface area contributed by atoms with Gasteiger partial charge < -0.3 is 5.11 Å². The van der Waals surface area contributed by atoms with Crippen molar-refractivity contribution in [2.45, 2.75) is 25.8 Å². The van der Waals surface area contributed by atoms with Crippen LogP contribution in [-0.2, 0) is 13.0 Å². The highest BCUT2D eigenvalue weighted by atomic mass is 16.3. The van der Waals surface area contributed by atoms with Crippen molar-refractivity contribution in [3.05, 3.63) is 101 Å². The average Bonchev–Trinajstić information content (AvgIpc) is 2.83. The fourth-order valence-electron chi connectivity index (χ4n) is 4.14. The van der Waals surface area contributed by atoms with E-state index in [1.807, 2.05) is 24.3 Å². The van der Waals surface area contributed by atoms with Crippen LogP contribution in [0.25, 0.3) is 0 Å². The molecule has 1 heterocycles. The van der Waals surface area contributed by atoms with Crippen LogP contribution < -0.4 is 5.43 Å². The number of piperidine rings is 1. The Kier molecular flexibility index (Phi) is 7.31. The van der Waals surface area contributed by atoms with E-state index in [-0.39, 0.29) is 11.7 Å². The molecule has 1 saturated heterocycles. The molecule has 1 amide bonds. The first-order valence-corrected chi connectivity index (χ1v) is 11.1. The van der Waals surface area contributed by atoms with Crippen molar-refractivity contribution in [2.75, 3.05) is 13.1 Å². The van der Waals surface area contributed by atoms with Crippen LogP contribution in [0, 0.1) is 5.92 Å². The second-order valence-electron chi connectivity index (χ2n) is 8.36. The zero-order chi connectivity index (χ0) is 22.2. The smallest absolute Gasteiger partial charge is 0.271 e. The van der Waals surface area contributed by atoms with Crippen molar-refractivity contribution in [1.82, 2.24) is 10.3 Å². The van der Waals surface area contributed by atoms with E-state index in [9.17, 15) is 9.90 Å². The number of hydrogen-bond donors (Lipinski definition) is 2. The van der Waals surface area contributed by atoms with Gasteiger partial charge in [0.05, 0.1) is 6.21 Å². The second kappa shape index (κ2) is 10.7. The SMILES string of the molecule is O=C(N/N=C\c1ccccc1O)c1ccc(CN2CCC(Cc3ccccc3)CC2)cc1. The minimum Gasteiger partial charge on any atom is -0.507 e. The summed E-state index contributed by atoms with van der Waals surface area (Å²) < 4.78 is 0. The summed E-state index contributed by atoms with van der Waals surface area (Å²) in [6, 6.07) is 25.3. The minimum atomic E-state index is -0.273. The third-order valence-electron chi connectivity index (χ3n) is 6.00. The van der Waals surface area contributed by atoms with Crippen molar-refractivity contribution in [3.63, 3.8) is 0 Å². The maximum absolute atomic E-state index is 12.3. The predicted octanol–water partition coefficient (Wildman–Crippen LogP) is 4.61. The molecule has 1 aliphatic rings. The lowest BCUT2D eigenvalue weighted by molar-refractivity contribution is 0.0955. The number of nitrogens with zero attached hydrogens (tertiary/aromatic N) is 2. The number of carbonyl (C=O) groups excluding carboxylic acids is 1. The third-order valence-corrected chi connectivity index (χ3v) is 6.00. The number of rotatable bonds is 7. The van der Waals surface area contributed by atoms with E-state index in [4.69, 9.17) is 0 Å². The fourth-order valence-corrected chi connectivity index (χ4v) is 4.14. The molecular weight excluding hydrogens is 398 g/mol. The number of hydrogen-bond acceptors (Lipinski definition) is 4. The Labute approximate surface area is 189 Å². The maximum Gasteiger partial charge on any atom is 0.271 e.